The van der Waals surface area contributed by atoms with Gasteiger partial charge in [0, 0.05) is 25.7 Å². The van der Waals surface area contributed by atoms with Crippen LogP contribution in [0, 0.1) is 17.6 Å². The number of methoxy groups -OCH3 is 1. The maximum atomic E-state index is 13.9. The summed E-state index contributed by atoms with van der Waals surface area (Å²) in [6.45, 7) is 5.66. The van der Waals surface area contributed by atoms with E-state index >= 15 is 0 Å². The van der Waals surface area contributed by atoms with E-state index in [0.29, 0.717) is 32.1 Å². The van der Waals surface area contributed by atoms with Crippen molar-refractivity contribution < 1.29 is 18.3 Å². The molecule has 1 aliphatic heterocycles. The lowest BCUT2D eigenvalue weighted by Gasteiger charge is -2.21. The minimum Gasteiger partial charge on any atom is -0.469 e. The van der Waals surface area contributed by atoms with Crippen molar-refractivity contribution in [1.29, 1.82) is 0 Å². The number of hydrogen-bond acceptors (Lipinski definition) is 4. The first-order valence-electron chi connectivity index (χ1n) is 8.77. The number of ether oxygens (including phenoxy) is 1. The Kier molecular flexibility index (Phi) is 7.17. The van der Waals surface area contributed by atoms with Gasteiger partial charge in [-0.25, -0.2) is 8.78 Å². The zero-order valence-electron chi connectivity index (χ0n) is 15.4. The van der Waals surface area contributed by atoms with Gasteiger partial charge >= 0.3 is 5.97 Å². The molecule has 26 heavy (non-hydrogen) atoms. The van der Waals surface area contributed by atoms with Crippen LogP contribution >= 0.6 is 0 Å². The third-order valence-corrected chi connectivity index (χ3v) is 4.25. The maximum Gasteiger partial charge on any atom is 0.310 e. The SMILES string of the molecule is CCNC(=NCC(C)C(=O)OC)NC1CCN(c2c(F)cccc2F)C1. The molecule has 144 valence electrons. The summed E-state index contributed by atoms with van der Waals surface area (Å²) in [6, 6.07) is 3.89. The molecule has 0 spiro atoms. The average Bonchev–Trinajstić information content (AvgIpc) is 3.06. The molecule has 0 saturated carbocycles. The third-order valence-electron chi connectivity index (χ3n) is 4.25. The molecule has 6 nitrogen and oxygen atoms in total. The fourth-order valence-corrected chi connectivity index (χ4v) is 2.89. The van der Waals surface area contributed by atoms with Gasteiger partial charge < -0.3 is 20.3 Å². The Morgan fingerprint density at radius 1 is 1.42 bits per heavy atom. The zero-order chi connectivity index (χ0) is 19.1. The highest BCUT2D eigenvalue weighted by atomic mass is 19.1. The fourth-order valence-electron chi connectivity index (χ4n) is 2.89. The highest BCUT2D eigenvalue weighted by Crippen LogP contribution is 2.26. The van der Waals surface area contributed by atoms with E-state index in [2.05, 4.69) is 15.6 Å². The van der Waals surface area contributed by atoms with E-state index in [1.807, 2.05) is 6.92 Å². The van der Waals surface area contributed by atoms with Crippen LogP contribution in [0.3, 0.4) is 0 Å². The minimum absolute atomic E-state index is 0.000221. The first kappa shape index (κ1) is 19.9. The van der Waals surface area contributed by atoms with Gasteiger partial charge in [0.25, 0.3) is 0 Å². The number of hydrogen-bond donors (Lipinski definition) is 2. The van der Waals surface area contributed by atoms with Crippen LogP contribution in [0.2, 0.25) is 0 Å². The van der Waals surface area contributed by atoms with Crippen molar-refractivity contribution in [2.45, 2.75) is 26.3 Å². The summed E-state index contributed by atoms with van der Waals surface area (Å²) in [5.74, 6) is -1.20. The van der Waals surface area contributed by atoms with Crippen molar-refractivity contribution in [3.8, 4) is 0 Å². The molecule has 1 aromatic carbocycles. The largest absolute Gasteiger partial charge is 0.469 e. The van der Waals surface area contributed by atoms with Crippen molar-refractivity contribution in [2.24, 2.45) is 10.9 Å². The zero-order valence-corrected chi connectivity index (χ0v) is 15.4. The van der Waals surface area contributed by atoms with Gasteiger partial charge in [-0.1, -0.05) is 13.0 Å². The molecule has 2 unspecified atom stereocenters. The number of guanidine groups is 1. The molecule has 0 aliphatic carbocycles. The van der Waals surface area contributed by atoms with Crippen LogP contribution in [0.1, 0.15) is 20.3 Å². The molecule has 8 heteroatoms. The van der Waals surface area contributed by atoms with E-state index in [9.17, 15) is 13.6 Å². The molecule has 1 saturated heterocycles. The van der Waals surface area contributed by atoms with Gasteiger partial charge in [0.2, 0.25) is 0 Å². The van der Waals surface area contributed by atoms with Crippen LogP contribution < -0.4 is 15.5 Å². The Bertz CT molecular complexity index is 634. The Morgan fingerprint density at radius 2 is 2.12 bits per heavy atom. The number of anilines is 1. The van der Waals surface area contributed by atoms with Gasteiger partial charge in [-0.05, 0) is 25.5 Å². The molecule has 1 aliphatic rings. The van der Waals surface area contributed by atoms with Gasteiger partial charge in [0.15, 0.2) is 5.96 Å². The van der Waals surface area contributed by atoms with Crippen molar-refractivity contribution in [3.05, 3.63) is 29.8 Å². The Balaban J connectivity index is 1.99. The van der Waals surface area contributed by atoms with Gasteiger partial charge in [0.1, 0.15) is 17.3 Å². The Labute approximate surface area is 152 Å². The van der Waals surface area contributed by atoms with Crippen molar-refractivity contribution in [3.63, 3.8) is 0 Å². The first-order chi connectivity index (χ1) is 12.5. The summed E-state index contributed by atoms with van der Waals surface area (Å²) < 4.78 is 32.6. The topological polar surface area (TPSA) is 66.0 Å². The normalized spacial score (nSPS) is 18.6. The lowest BCUT2D eigenvalue weighted by molar-refractivity contribution is -0.144. The highest BCUT2D eigenvalue weighted by molar-refractivity contribution is 5.81. The number of nitrogens with one attached hydrogen (secondary N) is 2. The van der Waals surface area contributed by atoms with E-state index in [1.54, 1.807) is 11.8 Å². The van der Waals surface area contributed by atoms with Crippen LogP contribution in [0.25, 0.3) is 0 Å². The first-order valence-corrected chi connectivity index (χ1v) is 8.77. The molecule has 0 radical (unpaired) electrons. The summed E-state index contributed by atoms with van der Waals surface area (Å²) in [4.78, 5) is 17.6. The third kappa shape index (κ3) is 5.06. The summed E-state index contributed by atoms with van der Waals surface area (Å²) in [7, 11) is 1.35. The number of carbonyl (C=O) groups is 1. The van der Waals surface area contributed by atoms with Crippen LogP contribution in [0.4, 0.5) is 14.5 Å². The molecular weight excluding hydrogens is 342 g/mol. The predicted octanol–water partition coefficient (Wildman–Crippen LogP) is 1.91. The van der Waals surface area contributed by atoms with Gasteiger partial charge in [-0.3, -0.25) is 9.79 Å². The van der Waals surface area contributed by atoms with Crippen molar-refractivity contribution in [1.82, 2.24) is 10.6 Å². The molecule has 0 bridgehead atoms. The van der Waals surface area contributed by atoms with Crippen LogP contribution in [-0.2, 0) is 9.53 Å². The molecule has 1 fully saturated rings. The smallest absolute Gasteiger partial charge is 0.310 e. The molecule has 2 rings (SSSR count). The van der Waals surface area contributed by atoms with Gasteiger partial charge in [0.05, 0.1) is 19.6 Å². The van der Waals surface area contributed by atoms with Crippen LogP contribution in [0.15, 0.2) is 23.2 Å². The van der Waals surface area contributed by atoms with Gasteiger partial charge in [-0.2, -0.15) is 0 Å². The predicted molar refractivity (Wildman–Crippen MR) is 97.3 cm³/mol. The average molecular weight is 368 g/mol. The standard InChI is InChI=1S/C18H26F2N4O2/c1-4-21-18(22-10-12(2)17(25)26-3)23-13-8-9-24(11-13)16-14(19)6-5-7-15(16)20/h5-7,12-13H,4,8-11H2,1-3H3,(H2,21,22,23). The Hall–Kier alpha value is -2.38. The maximum absolute atomic E-state index is 13.9. The van der Waals surface area contributed by atoms with E-state index in [4.69, 9.17) is 4.74 Å². The number of halogens is 2. The van der Waals surface area contributed by atoms with E-state index in [0.717, 1.165) is 6.42 Å². The number of nitrogens with zero attached hydrogens (tertiary/aromatic N) is 2. The second kappa shape index (κ2) is 9.35. The number of esters is 1. The summed E-state index contributed by atoms with van der Waals surface area (Å²) >= 11 is 0. The number of benzene rings is 1. The monoisotopic (exact) mass is 368 g/mol. The number of para-hydroxylation sites is 1. The van der Waals surface area contributed by atoms with E-state index in [-0.39, 0.29) is 23.6 Å². The van der Waals surface area contributed by atoms with E-state index < -0.39 is 11.6 Å². The number of carbonyl (C=O) groups excluding carboxylic acids is 1. The van der Waals surface area contributed by atoms with Crippen molar-refractivity contribution >= 4 is 17.6 Å². The number of aliphatic imine (C=N–C) groups is 1. The minimum atomic E-state index is -0.557. The van der Waals surface area contributed by atoms with Crippen LogP contribution in [-0.4, -0.2) is 51.3 Å². The molecule has 2 atom stereocenters. The summed E-state index contributed by atoms with van der Waals surface area (Å²) in [5, 5.41) is 6.39. The quantitative estimate of drug-likeness (QED) is 0.456. The van der Waals surface area contributed by atoms with Gasteiger partial charge in [-0.15, -0.1) is 0 Å². The molecule has 1 aromatic rings. The van der Waals surface area contributed by atoms with Crippen LogP contribution in [0.5, 0.6) is 0 Å². The highest BCUT2D eigenvalue weighted by Gasteiger charge is 2.27. The second-order valence-electron chi connectivity index (χ2n) is 6.29. The summed E-state index contributed by atoms with van der Waals surface area (Å²) in [5.41, 5.74) is 0.0121. The van der Waals surface area contributed by atoms with Crippen molar-refractivity contribution in [2.75, 3.05) is 38.2 Å². The molecule has 0 amide bonds. The molecule has 2 N–H and O–H groups in total. The molecule has 0 aromatic heterocycles. The molecule has 1 heterocycles. The fraction of sp³-hybridized carbons (Fsp3) is 0.556. The molecular formula is C18H26F2N4O2. The second-order valence-corrected chi connectivity index (χ2v) is 6.29. The van der Waals surface area contributed by atoms with E-state index in [1.165, 1.54) is 25.3 Å². The Morgan fingerprint density at radius 3 is 2.73 bits per heavy atom. The lowest BCUT2D eigenvalue weighted by Crippen LogP contribution is -2.45. The summed E-state index contributed by atoms with van der Waals surface area (Å²) in [6.07, 6.45) is 0.727. The number of rotatable bonds is 6. The lowest BCUT2D eigenvalue weighted by atomic mass is 10.2.